The second kappa shape index (κ2) is 3.84. The zero-order valence-corrected chi connectivity index (χ0v) is 10.2. The van der Waals surface area contributed by atoms with Gasteiger partial charge >= 0.3 is 0 Å². The number of rotatable bonds is 3. The van der Waals surface area contributed by atoms with E-state index in [1.165, 1.54) is 10.9 Å². The number of aromatic nitrogens is 2. The summed E-state index contributed by atoms with van der Waals surface area (Å²) < 4.78 is 2.02. The van der Waals surface area contributed by atoms with Crippen LogP contribution in [0.1, 0.15) is 31.9 Å². The van der Waals surface area contributed by atoms with Gasteiger partial charge < -0.3 is 5.11 Å². The molecule has 2 aromatic rings. The Labute approximate surface area is 101 Å². The smallest absolute Gasteiger partial charge is 0.0731 e. The van der Waals surface area contributed by atoms with Crippen molar-refractivity contribution < 1.29 is 5.11 Å². The average molecular weight is 230 g/mol. The summed E-state index contributed by atoms with van der Waals surface area (Å²) in [4.78, 5) is 0. The van der Waals surface area contributed by atoms with Crippen LogP contribution >= 0.6 is 0 Å². The molecule has 90 valence electrons. The van der Waals surface area contributed by atoms with Crippen LogP contribution in [0, 0.1) is 0 Å². The summed E-state index contributed by atoms with van der Waals surface area (Å²) in [6.45, 7) is 2.97. The van der Waals surface area contributed by atoms with Gasteiger partial charge in [0, 0.05) is 18.4 Å². The molecule has 1 saturated carbocycles. The summed E-state index contributed by atoms with van der Waals surface area (Å²) >= 11 is 0. The fraction of sp³-hybridized carbons (Fsp3) is 0.500. The molecule has 0 radical (unpaired) electrons. The van der Waals surface area contributed by atoms with Gasteiger partial charge in [0.1, 0.15) is 0 Å². The Morgan fingerprint density at radius 3 is 2.76 bits per heavy atom. The van der Waals surface area contributed by atoms with Crippen LogP contribution in [-0.4, -0.2) is 20.5 Å². The van der Waals surface area contributed by atoms with Crippen molar-refractivity contribution in [2.75, 3.05) is 0 Å². The topological polar surface area (TPSA) is 38.0 Å². The summed E-state index contributed by atoms with van der Waals surface area (Å²) in [5.74, 6) is 0. The van der Waals surface area contributed by atoms with Crippen LogP contribution < -0.4 is 0 Å². The normalized spacial score (nSPS) is 18.2. The number of aryl methyl sites for hydroxylation is 1. The lowest BCUT2D eigenvalue weighted by Gasteiger charge is -2.36. The van der Waals surface area contributed by atoms with Crippen molar-refractivity contribution in [1.29, 1.82) is 0 Å². The minimum absolute atomic E-state index is 0.490. The number of para-hydroxylation sites is 1. The first-order valence-electron chi connectivity index (χ1n) is 6.39. The van der Waals surface area contributed by atoms with Gasteiger partial charge in [0.05, 0.1) is 16.8 Å². The first-order valence-corrected chi connectivity index (χ1v) is 6.39. The number of benzene rings is 1. The highest BCUT2D eigenvalue weighted by Gasteiger charge is 2.35. The first kappa shape index (κ1) is 10.8. The van der Waals surface area contributed by atoms with E-state index in [0.717, 1.165) is 31.5 Å². The van der Waals surface area contributed by atoms with Gasteiger partial charge in [0.25, 0.3) is 0 Å². The lowest BCUT2D eigenvalue weighted by Crippen LogP contribution is -2.39. The van der Waals surface area contributed by atoms with Gasteiger partial charge in [-0.1, -0.05) is 18.2 Å². The van der Waals surface area contributed by atoms with Gasteiger partial charge in [-0.3, -0.25) is 4.68 Å². The monoisotopic (exact) mass is 230 g/mol. The fourth-order valence-electron chi connectivity index (χ4n) is 2.64. The molecule has 1 fully saturated rings. The molecule has 1 N–H and O–H groups in total. The van der Waals surface area contributed by atoms with Crippen molar-refractivity contribution in [3.63, 3.8) is 0 Å². The summed E-state index contributed by atoms with van der Waals surface area (Å²) in [5, 5.41) is 16.1. The van der Waals surface area contributed by atoms with Gasteiger partial charge in [0.2, 0.25) is 0 Å². The summed E-state index contributed by atoms with van der Waals surface area (Å²) in [5.41, 5.74) is 1.73. The van der Waals surface area contributed by atoms with Gasteiger partial charge in [-0.2, -0.15) is 5.10 Å². The van der Waals surface area contributed by atoms with Crippen LogP contribution in [0.2, 0.25) is 0 Å². The lowest BCUT2D eigenvalue weighted by molar-refractivity contribution is -0.0329. The van der Waals surface area contributed by atoms with E-state index in [2.05, 4.69) is 24.2 Å². The van der Waals surface area contributed by atoms with E-state index in [1.54, 1.807) is 0 Å². The number of fused-ring (bicyclic) bond motifs is 1. The van der Waals surface area contributed by atoms with Gasteiger partial charge in [-0.25, -0.2) is 0 Å². The molecular weight excluding hydrogens is 212 g/mol. The molecule has 17 heavy (non-hydrogen) atoms. The molecule has 0 bridgehead atoms. The Balaban J connectivity index is 2.03. The summed E-state index contributed by atoms with van der Waals surface area (Å²) in [6.07, 6.45) is 3.67. The molecule has 1 aliphatic rings. The number of hydrogen-bond donors (Lipinski definition) is 1. The Bertz CT molecular complexity index is 540. The molecule has 1 aliphatic carbocycles. The van der Waals surface area contributed by atoms with Crippen molar-refractivity contribution in [3.8, 4) is 0 Å². The SMILES string of the molecule is CCn1nc(CC2(O)CCC2)c2ccccc21. The van der Waals surface area contributed by atoms with E-state index < -0.39 is 5.60 Å². The summed E-state index contributed by atoms with van der Waals surface area (Å²) in [7, 11) is 0. The van der Waals surface area contributed by atoms with Crippen molar-refractivity contribution in [2.24, 2.45) is 0 Å². The fourth-order valence-corrected chi connectivity index (χ4v) is 2.64. The Morgan fingerprint density at radius 1 is 1.35 bits per heavy atom. The molecule has 0 atom stereocenters. The predicted octanol–water partition coefficient (Wildman–Crippen LogP) is 2.51. The molecule has 0 spiro atoms. The van der Waals surface area contributed by atoms with Crippen LogP contribution in [0.15, 0.2) is 24.3 Å². The molecule has 3 heteroatoms. The Kier molecular flexibility index (Phi) is 2.44. The molecule has 1 heterocycles. The van der Waals surface area contributed by atoms with Crippen molar-refractivity contribution in [1.82, 2.24) is 9.78 Å². The first-order chi connectivity index (χ1) is 8.22. The second-order valence-electron chi connectivity index (χ2n) is 5.03. The molecule has 0 unspecified atom stereocenters. The van der Waals surface area contributed by atoms with E-state index in [1.807, 2.05) is 16.8 Å². The molecule has 1 aromatic carbocycles. The highest BCUT2D eigenvalue weighted by Crippen LogP contribution is 2.35. The van der Waals surface area contributed by atoms with Crippen LogP contribution in [0.5, 0.6) is 0 Å². The highest BCUT2D eigenvalue weighted by atomic mass is 16.3. The molecule has 3 rings (SSSR count). The quantitative estimate of drug-likeness (QED) is 0.879. The van der Waals surface area contributed by atoms with E-state index >= 15 is 0 Å². The standard InChI is InChI=1S/C14H18N2O/c1-2-16-13-7-4-3-6-11(13)12(15-16)10-14(17)8-5-9-14/h3-4,6-7,17H,2,5,8-10H2,1H3. The second-order valence-corrected chi connectivity index (χ2v) is 5.03. The molecule has 0 aliphatic heterocycles. The van der Waals surface area contributed by atoms with Crippen LogP contribution in [0.25, 0.3) is 10.9 Å². The molecule has 3 nitrogen and oxygen atoms in total. The maximum Gasteiger partial charge on any atom is 0.0731 e. The third kappa shape index (κ3) is 1.75. The Morgan fingerprint density at radius 2 is 2.12 bits per heavy atom. The summed E-state index contributed by atoms with van der Waals surface area (Å²) in [6, 6.07) is 8.28. The third-order valence-corrected chi connectivity index (χ3v) is 3.81. The van der Waals surface area contributed by atoms with Crippen LogP contribution in [-0.2, 0) is 13.0 Å². The van der Waals surface area contributed by atoms with Crippen LogP contribution in [0.4, 0.5) is 0 Å². The largest absolute Gasteiger partial charge is 0.389 e. The van der Waals surface area contributed by atoms with E-state index in [0.29, 0.717) is 6.42 Å². The van der Waals surface area contributed by atoms with Crippen molar-refractivity contribution in [3.05, 3.63) is 30.0 Å². The molecule has 0 saturated heterocycles. The molecular formula is C14H18N2O. The lowest BCUT2D eigenvalue weighted by atomic mass is 9.77. The Hall–Kier alpha value is -1.35. The van der Waals surface area contributed by atoms with Crippen molar-refractivity contribution in [2.45, 2.75) is 44.8 Å². The van der Waals surface area contributed by atoms with E-state index in [9.17, 15) is 5.11 Å². The number of hydrogen-bond acceptors (Lipinski definition) is 2. The number of nitrogens with zero attached hydrogens (tertiary/aromatic N) is 2. The zero-order valence-electron chi connectivity index (χ0n) is 10.2. The predicted molar refractivity (Wildman–Crippen MR) is 67.9 cm³/mol. The maximum atomic E-state index is 10.3. The van der Waals surface area contributed by atoms with Gasteiger partial charge in [-0.05, 0) is 32.3 Å². The minimum Gasteiger partial charge on any atom is -0.389 e. The zero-order chi connectivity index (χ0) is 11.9. The third-order valence-electron chi connectivity index (χ3n) is 3.81. The van der Waals surface area contributed by atoms with Crippen LogP contribution in [0.3, 0.4) is 0 Å². The number of aliphatic hydroxyl groups is 1. The van der Waals surface area contributed by atoms with E-state index in [-0.39, 0.29) is 0 Å². The highest BCUT2D eigenvalue weighted by molar-refractivity contribution is 5.82. The van der Waals surface area contributed by atoms with E-state index in [4.69, 9.17) is 0 Å². The average Bonchev–Trinajstić information content (AvgIpc) is 2.66. The van der Waals surface area contributed by atoms with Crippen molar-refractivity contribution >= 4 is 10.9 Å². The minimum atomic E-state index is -0.490. The molecule has 0 amide bonds. The maximum absolute atomic E-state index is 10.3. The van der Waals surface area contributed by atoms with Gasteiger partial charge in [0.15, 0.2) is 0 Å². The van der Waals surface area contributed by atoms with Gasteiger partial charge in [-0.15, -0.1) is 0 Å². The molecule has 1 aromatic heterocycles.